The minimum Gasteiger partial charge on any atom is -0.481 e. The van der Waals surface area contributed by atoms with E-state index in [1.54, 1.807) is 6.20 Å². The van der Waals surface area contributed by atoms with Crippen LogP contribution in [0.15, 0.2) is 18.3 Å². The maximum Gasteiger partial charge on any atom is 0.315 e. The van der Waals surface area contributed by atoms with Gasteiger partial charge in [0.15, 0.2) is 0 Å². The van der Waals surface area contributed by atoms with E-state index in [2.05, 4.69) is 15.6 Å². The monoisotopic (exact) mass is 293 g/mol. The number of amides is 2. The standard InChI is InChI=1S/C15H23N3O3/c1-3-6-12(9-14(19)20)18-15(21)17-10-13-11(4-2)7-5-8-16-13/h5,7-8,12H,3-4,6,9-10H2,1-2H3,(H,19,20)(H2,17,18,21). The van der Waals surface area contributed by atoms with Crippen LogP contribution in [0.25, 0.3) is 0 Å². The number of aryl methyl sites for hydroxylation is 1. The van der Waals surface area contributed by atoms with Crippen LogP contribution in [0.4, 0.5) is 4.79 Å². The van der Waals surface area contributed by atoms with Gasteiger partial charge in [-0.15, -0.1) is 0 Å². The zero-order valence-corrected chi connectivity index (χ0v) is 12.6. The molecule has 0 aliphatic rings. The molecule has 0 saturated heterocycles. The maximum atomic E-state index is 11.8. The van der Waals surface area contributed by atoms with Gasteiger partial charge in [-0.2, -0.15) is 0 Å². The average molecular weight is 293 g/mol. The van der Waals surface area contributed by atoms with Gasteiger partial charge >= 0.3 is 12.0 Å². The molecule has 1 heterocycles. The lowest BCUT2D eigenvalue weighted by Gasteiger charge is -2.17. The number of carbonyl (C=O) groups is 2. The predicted octanol–water partition coefficient (Wildman–Crippen LogP) is 2.09. The zero-order chi connectivity index (χ0) is 15.7. The highest BCUT2D eigenvalue weighted by molar-refractivity contribution is 5.75. The predicted molar refractivity (Wildman–Crippen MR) is 79.9 cm³/mol. The summed E-state index contributed by atoms with van der Waals surface area (Å²) < 4.78 is 0. The summed E-state index contributed by atoms with van der Waals surface area (Å²) >= 11 is 0. The summed E-state index contributed by atoms with van der Waals surface area (Å²) in [4.78, 5) is 26.8. The highest BCUT2D eigenvalue weighted by Crippen LogP contribution is 2.06. The third-order valence-electron chi connectivity index (χ3n) is 3.18. The fourth-order valence-electron chi connectivity index (χ4n) is 2.14. The molecule has 0 spiro atoms. The number of carbonyl (C=O) groups excluding carboxylic acids is 1. The number of aliphatic carboxylic acids is 1. The summed E-state index contributed by atoms with van der Waals surface area (Å²) in [5.74, 6) is -0.910. The highest BCUT2D eigenvalue weighted by atomic mass is 16.4. The molecule has 1 aromatic heterocycles. The Balaban J connectivity index is 2.50. The fraction of sp³-hybridized carbons (Fsp3) is 0.533. The van der Waals surface area contributed by atoms with Gasteiger partial charge < -0.3 is 15.7 Å². The number of hydrogen-bond acceptors (Lipinski definition) is 3. The van der Waals surface area contributed by atoms with Crippen LogP contribution in [-0.2, 0) is 17.8 Å². The lowest BCUT2D eigenvalue weighted by molar-refractivity contribution is -0.137. The molecule has 0 bridgehead atoms. The molecule has 0 aliphatic heterocycles. The van der Waals surface area contributed by atoms with E-state index < -0.39 is 5.97 Å². The molecule has 1 aromatic rings. The van der Waals surface area contributed by atoms with Crippen LogP contribution in [0.3, 0.4) is 0 Å². The number of carboxylic acids is 1. The van der Waals surface area contributed by atoms with Gasteiger partial charge in [-0.3, -0.25) is 9.78 Å². The fourth-order valence-corrected chi connectivity index (χ4v) is 2.14. The Morgan fingerprint density at radius 1 is 1.38 bits per heavy atom. The van der Waals surface area contributed by atoms with Crippen molar-refractivity contribution in [3.05, 3.63) is 29.6 Å². The molecule has 2 amide bonds. The molecule has 116 valence electrons. The van der Waals surface area contributed by atoms with Crippen molar-refractivity contribution in [1.82, 2.24) is 15.6 Å². The van der Waals surface area contributed by atoms with Gasteiger partial charge in [-0.25, -0.2) is 4.79 Å². The van der Waals surface area contributed by atoms with Crippen molar-refractivity contribution < 1.29 is 14.7 Å². The van der Waals surface area contributed by atoms with Gasteiger partial charge in [0.2, 0.25) is 0 Å². The Morgan fingerprint density at radius 3 is 2.76 bits per heavy atom. The van der Waals surface area contributed by atoms with Crippen molar-refractivity contribution in [2.24, 2.45) is 0 Å². The van der Waals surface area contributed by atoms with E-state index in [4.69, 9.17) is 5.11 Å². The number of nitrogens with zero attached hydrogens (tertiary/aromatic N) is 1. The number of rotatable bonds is 8. The van der Waals surface area contributed by atoms with Crippen LogP contribution in [0.5, 0.6) is 0 Å². The second-order valence-electron chi connectivity index (χ2n) is 4.87. The summed E-state index contributed by atoms with van der Waals surface area (Å²) in [6.45, 7) is 4.32. The van der Waals surface area contributed by atoms with E-state index in [9.17, 15) is 9.59 Å². The molecule has 0 radical (unpaired) electrons. The summed E-state index contributed by atoms with van der Waals surface area (Å²) in [5, 5.41) is 14.2. The third kappa shape index (κ3) is 6.25. The molecule has 0 saturated carbocycles. The molecule has 1 atom stereocenters. The van der Waals surface area contributed by atoms with Crippen LogP contribution in [-0.4, -0.2) is 28.1 Å². The van der Waals surface area contributed by atoms with Gasteiger partial charge in [-0.05, 0) is 24.5 Å². The number of nitrogens with one attached hydrogen (secondary N) is 2. The third-order valence-corrected chi connectivity index (χ3v) is 3.18. The number of carboxylic acid groups (broad SMARTS) is 1. The van der Waals surface area contributed by atoms with Gasteiger partial charge in [0.25, 0.3) is 0 Å². The first kappa shape index (κ1) is 16.9. The van der Waals surface area contributed by atoms with Gasteiger partial charge in [0.1, 0.15) is 0 Å². The minimum atomic E-state index is -0.910. The van der Waals surface area contributed by atoms with Crippen molar-refractivity contribution in [3.63, 3.8) is 0 Å². The van der Waals surface area contributed by atoms with Crippen LogP contribution in [0, 0.1) is 0 Å². The summed E-state index contributed by atoms with van der Waals surface area (Å²) in [7, 11) is 0. The lowest BCUT2D eigenvalue weighted by atomic mass is 10.1. The summed E-state index contributed by atoms with van der Waals surface area (Å²) in [6.07, 6.45) is 3.94. The number of aromatic nitrogens is 1. The molecule has 0 aliphatic carbocycles. The molecule has 3 N–H and O–H groups in total. The molecule has 1 unspecified atom stereocenters. The van der Waals surface area contributed by atoms with Crippen molar-refractivity contribution in [1.29, 1.82) is 0 Å². The molecule has 6 heteroatoms. The van der Waals surface area contributed by atoms with Gasteiger partial charge in [0.05, 0.1) is 18.7 Å². The van der Waals surface area contributed by atoms with E-state index in [-0.39, 0.29) is 18.5 Å². The Morgan fingerprint density at radius 2 is 2.14 bits per heavy atom. The van der Waals surface area contributed by atoms with E-state index in [0.717, 1.165) is 24.1 Å². The molecular formula is C15H23N3O3. The van der Waals surface area contributed by atoms with Crippen LogP contribution in [0.2, 0.25) is 0 Å². The first-order valence-corrected chi connectivity index (χ1v) is 7.25. The van der Waals surface area contributed by atoms with Gasteiger partial charge in [0, 0.05) is 12.2 Å². The molecule has 6 nitrogen and oxygen atoms in total. The van der Waals surface area contributed by atoms with E-state index >= 15 is 0 Å². The molecular weight excluding hydrogens is 270 g/mol. The number of pyridine rings is 1. The molecule has 0 aromatic carbocycles. The highest BCUT2D eigenvalue weighted by Gasteiger charge is 2.15. The topological polar surface area (TPSA) is 91.3 Å². The van der Waals surface area contributed by atoms with E-state index in [1.807, 2.05) is 26.0 Å². The van der Waals surface area contributed by atoms with E-state index in [1.165, 1.54) is 0 Å². The summed E-state index contributed by atoms with van der Waals surface area (Å²) in [5.41, 5.74) is 1.92. The molecule has 0 fully saturated rings. The first-order valence-electron chi connectivity index (χ1n) is 7.25. The Bertz CT molecular complexity index is 477. The SMILES string of the molecule is CCCC(CC(=O)O)NC(=O)NCc1ncccc1CC. The van der Waals surface area contributed by atoms with Crippen LogP contribution < -0.4 is 10.6 Å². The Hall–Kier alpha value is -2.11. The molecule has 21 heavy (non-hydrogen) atoms. The zero-order valence-electron chi connectivity index (χ0n) is 12.6. The minimum absolute atomic E-state index is 0.0644. The number of urea groups is 1. The smallest absolute Gasteiger partial charge is 0.315 e. The number of hydrogen-bond donors (Lipinski definition) is 3. The lowest BCUT2D eigenvalue weighted by Crippen LogP contribution is -2.42. The van der Waals surface area contributed by atoms with Gasteiger partial charge in [-0.1, -0.05) is 26.3 Å². The van der Waals surface area contributed by atoms with Crippen molar-refractivity contribution in [2.75, 3.05) is 0 Å². The van der Waals surface area contributed by atoms with Crippen molar-refractivity contribution in [3.8, 4) is 0 Å². The Labute approximate surface area is 125 Å². The van der Waals surface area contributed by atoms with Crippen LogP contribution in [0.1, 0.15) is 44.4 Å². The first-order chi connectivity index (χ1) is 10.1. The van der Waals surface area contributed by atoms with Crippen molar-refractivity contribution in [2.45, 2.75) is 52.1 Å². The van der Waals surface area contributed by atoms with Crippen LogP contribution >= 0.6 is 0 Å². The summed E-state index contributed by atoms with van der Waals surface area (Å²) in [6, 6.07) is 3.14. The van der Waals surface area contributed by atoms with Crippen molar-refractivity contribution >= 4 is 12.0 Å². The molecule has 1 rings (SSSR count). The average Bonchev–Trinajstić information content (AvgIpc) is 2.45. The maximum absolute atomic E-state index is 11.8. The van der Waals surface area contributed by atoms with E-state index in [0.29, 0.717) is 13.0 Å². The Kier molecular flexibility index (Phi) is 7.21. The second-order valence-corrected chi connectivity index (χ2v) is 4.87. The quantitative estimate of drug-likeness (QED) is 0.684. The normalized spacial score (nSPS) is 11.7. The largest absolute Gasteiger partial charge is 0.481 e. The second kappa shape index (κ2) is 8.94.